The summed E-state index contributed by atoms with van der Waals surface area (Å²) < 4.78 is 1.93. The van der Waals surface area contributed by atoms with Gasteiger partial charge in [0.1, 0.15) is 0 Å². The largest absolute Gasteiger partial charge is 0.306 e. The number of halogens is 1. The molecule has 4 heteroatoms. The van der Waals surface area contributed by atoms with Crippen LogP contribution in [0, 0.1) is 13.8 Å². The fourth-order valence-corrected chi connectivity index (χ4v) is 2.42. The topological polar surface area (TPSA) is 29.9 Å². The van der Waals surface area contributed by atoms with Gasteiger partial charge in [-0.1, -0.05) is 23.7 Å². The molecular weight excluding hydrogens is 258 g/mol. The number of aryl methyl sites for hydroxylation is 2. The monoisotopic (exact) mass is 277 g/mol. The van der Waals surface area contributed by atoms with E-state index in [0.717, 1.165) is 17.3 Å². The van der Waals surface area contributed by atoms with Gasteiger partial charge in [0, 0.05) is 35.9 Å². The molecule has 0 amide bonds. The smallest absolute Gasteiger partial charge is 0.0641 e. The maximum Gasteiger partial charge on any atom is 0.0641 e. The number of benzene rings is 1. The lowest BCUT2D eigenvalue weighted by Gasteiger charge is -2.14. The summed E-state index contributed by atoms with van der Waals surface area (Å²) in [7, 11) is 1.98. The first kappa shape index (κ1) is 14.1. The third kappa shape index (κ3) is 3.17. The van der Waals surface area contributed by atoms with Gasteiger partial charge < -0.3 is 5.32 Å². The molecular formula is C15H20ClN3. The van der Waals surface area contributed by atoms with E-state index in [-0.39, 0.29) is 6.04 Å². The zero-order valence-electron chi connectivity index (χ0n) is 11.9. The molecule has 0 saturated carbocycles. The molecule has 0 spiro atoms. The van der Waals surface area contributed by atoms with Gasteiger partial charge in [-0.3, -0.25) is 4.68 Å². The van der Waals surface area contributed by atoms with Crippen molar-refractivity contribution in [1.82, 2.24) is 15.1 Å². The summed E-state index contributed by atoms with van der Waals surface area (Å²) in [5.74, 6) is 0. The Morgan fingerprint density at radius 1 is 1.37 bits per heavy atom. The Labute approximate surface area is 119 Å². The number of nitrogens with zero attached hydrogens (tertiary/aromatic N) is 2. The van der Waals surface area contributed by atoms with Crippen LogP contribution in [0.1, 0.15) is 35.5 Å². The van der Waals surface area contributed by atoms with Crippen molar-refractivity contribution in [3.63, 3.8) is 0 Å². The molecule has 0 aliphatic carbocycles. The molecule has 0 aliphatic heterocycles. The Morgan fingerprint density at radius 3 is 2.68 bits per heavy atom. The van der Waals surface area contributed by atoms with Gasteiger partial charge in [-0.05, 0) is 38.5 Å². The Hall–Kier alpha value is -1.32. The summed E-state index contributed by atoms with van der Waals surface area (Å²) in [5, 5.41) is 8.73. The Kier molecular flexibility index (Phi) is 4.27. The van der Waals surface area contributed by atoms with E-state index in [1.807, 2.05) is 36.9 Å². The highest BCUT2D eigenvalue weighted by molar-refractivity contribution is 6.30. The second-order valence-electron chi connectivity index (χ2n) is 4.93. The normalized spacial score (nSPS) is 12.7. The Balaban J connectivity index is 2.06. The van der Waals surface area contributed by atoms with Gasteiger partial charge in [0.25, 0.3) is 0 Å². The average molecular weight is 278 g/mol. The first-order valence-electron chi connectivity index (χ1n) is 6.47. The van der Waals surface area contributed by atoms with E-state index in [4.69, 9.17) is 11.6 Å². The van der Waals surface area contributed by atoms with Gasteiger partial charge in [0.05, 0.1) is 5.69 Å². The average Bonchev–Trinajstić information content (AvgIpc) is 2.61. The molecule has 2 rings (SSSR count). The van der Waals surface area contributed by atoms with Crippen molar-refractivity contribution in [2.24, 2.45) is 7.05 Å². The van der Waals surface area contributed by atoms with E-state index in [2.05, 4.69) is 30.3 Å². The Bertz CT molecular complexity index is 575. The number of rotatable bonds is 4. The lowest BCUT2D eigenvalue weighted by Crippen LogP contribution is -2.18. The molecule has 0 bridgehead atoms. The van der Waals surface area contributed by atoms with E-state index >= 15 is 0 Å². The van der Waals surface area contributed by atoms with Crippen molar-refractivity contribution >= 4 is 11.6 Å². The predicted octanol–water partition coefficient (Wildman–Crippen LogP) is 3.54. The van der Waals surface area contributed by atoms with Gasteiger partial charge in [0.2, 0.25) is 0 Å². The first-order chi connectivity index (χ1) is 8.99. The summed E-state index contributed by atoms with van der Waals surface area (Å²) in [6.07, 6.45) is 0. The number of nitrogens with one attached hydrogen (secondary N) is 1. The Morgan fingerprint density at radius 2 is 2.11 bits per heavy atom. The van der Waals surface area contributed by atoms with Crippen LogP contribution in [0.5, 0.6) is 0 Å². The van der Waals surface area contributed by atoms with Crippen molar-refractivity contribution in [1.29, 1.82) is 0 Å². The molecule has 1 heterocycles. The standard InChI is InChI=1S/C15H20ClN3/c1-10(13-6-5-7-14(16)8-13)17-9-15-11(2)18-19(4)12(15)3/h5-8,10,17H,9H2,1-4H3/t10-/m1/s1. The van der Waals surface area contributed by atoms with E-state index in [1.54, 1.807) is 0 Å². The number of aromatic nitrogens is 2. The lowest BCUT2D eigenvalue weighted by atomic mass is 10.1. The van der Waals surface area contributed by atoms with Crippen LogP contribution in [-0.4, -0.2) is 9.78 Å². The van der Waals surface area contributed by atoms with Gasteiger partial charge in [0.15, 0.2) is 0 Å². The van der Waals surface area contributed by atoms with E-state index in [1.165, 1.54) is 16.8 Å². The molecule has 3 nitrogen and oxygen atoms in total. The molecule has 1 N–H and O–H groups in total. The van der Waals surface area contributed by atoms with Crippen molar-refractivity contribution in [3.05, 3.63) is 51.8 Å². The van der Waals surface area contributed by atoms with Crippen molar-refractivity contribution < 1.29 is 0 Å². The van der Waals surface area contributed by atoms with Crippen LogP contribution < -0.4 is 5.32 Å². The SMILES string of the molecule is Cc1nn(C)c(C)c1CN[C@H](C)c1cccc(Cl)c1. The van der Waals surface area contributed by atoms with Crippen LogP contribution in [0.2, 0.25) is 5.02 Å². The molecule has 102 valence electrons. The first-order valence-corrected chi connectivity index (χ1v) is 6.84. The second-order valence-corrected chi connectivity index (χ2v) is 5.37. The van der Waals surface area contributed by atoms with Crippen LogP contribution in [-0.2, 0) is 13.6 Å². The highest BCUT2D eigenvalue weighted by Gasteiger charge is 2.11. The van der Waals surface area contributed by atoms with Crippen LogP contribution in [0.25, 0.3) is 0 Å². The maximum atomic E-state index is 6.02. The minimum absolute atomic E-state index is 0.262. The van der Waals surface area contributed by atoms with Gasteiger partial charge in [-0.2, -0.15) is 5.10 Å². The molecule has 0 aliphatic rings. The zero-order valence-corrected chi connectivity index (χ0v) is 12.6. The lowest BCUT2D eigenvalue weighted by molar-refractivity contribution is 0.571. The molecule has 2 aromatic rings. The zero-order chi connectivity index (χ0) is 14.0. The molecule has 1 aromatic carbocycles. The van der Waals surface area contributed by atoms with Crippen LogP contribution >= 0.6 is 11.6 Å². The van der Waals surface area contributed by atoms with Gasteiger partial charge in [-0.25, -0.2) is 0 Å². The van der Waals surface area contributed by atoms with Crippen LogP contribution in [0.3, 0.4) is 0 Å². The predicted molar refractivity (Wildman–Crippen MR) is 79.4 cm³/mol. The molecule has 1 aromatic heterocycles. The molecule has 1 atom stereocenters. The minimum Gasteiger partial charge on any atom is -0.306 e. The van der Waals surface area contributed by atoms with Crippen molar-refractivity contribution in [2.75, 3.05) is 0 Å². The molecule has 0 saturated heterocycles. The summed E-state index contributed by atoms with van der Waals surface area (Å²) in [6.45, 7) is 7.11. The summed E-state index contributed by atoms with van der Waals surface area (Å²) >= 11 is 6.02. The van der Waals surface area contributed by atoms with Crippen molar-refractivity contribution in [2.45, 2.75) is 33.4 Å². The fourth-order valence-electron chi connectivity index (χ4n) is 2.22. The number of hydrogen-bond acceptors (Lipinski definition) is 2. The number of hydrogen-bond donors (Lipinski definition) is 1. The maximum absolute atomic E-state index is 6.02. The molecule has 0 radical (unpaired) electrons. The highest BCUT2D eigenvalue weighted by atomic mass is 35.5. The van der Waals surface area contributed by atoms with Crippen molar-refractivity contribution in [3.8, 4) is 0 Å². The van der Waals surface area contributed by atoms with Crippen LogP contribution in [0.4, 0.5) is 0 Å². The second kappa shape index (κ2) is 5.76. The van der Waals surface area contributed by atoms with Crippen LogP contribution in [0.15, 0.2) is 24.3 Å². The summed E-state index contributed by atoms with van der Waals surface area (Å²) in [4.78, 5) is 0. The molecule has 0 unspecified atom stereocenters. The summed E-state index contributed by atoms with van der Waals surface area (Å²) in [6, 6.07) is 8.23. The van der Waals surface area contributed by atoms with Gasteiger partial charge >= 0.3 is 0 Å². The molecule has 19 heavy (non-hydrogen) atoms. The fraction of sp³-hybridized carbons (Fsp3) is 0.400. The van der Waals surface area contributed by atoms with E-state index in [9.17, 15) is 0 Å². The third-order valence-corrected chi connectivity index (χ3v) is 3.83. The molecule has 0 fully saturated rings. The minimum atomic E-state index is 0.262. The highest BCUT2D eigenvalue weighted by Crippen LogP contribution is 2.19. The van der Waals surface area contributed by atoms with E-state index < -0.39 is 0 Å². The quantitative estimate of drug-likeness (QED) is 0.926. The third-order valence-electron chi connectivity index (χ3n) is 3.59. The van der Waals surface area contributed by atoms with E-state index in [0.29, 0.717) is 0 Å². The van der Waals surface area contributed by atoms with Gasteiger partial charge in [-0.15, -0.1) is 0 Å². The summed E-state index contributed by atoms with van der Waals surface area (Å²) in [5.41, 5.74) is 4.78.